The first-order chi connectivity index (χ1) is 17.3. The first kappa shape index (κ1) is 25.0. The van der Waals surface area contributed by atoms with Crippen molar-refractivity contribution in [3.05, 3.63) is 104 Å². The molecule has 0 radical (unpaired) electrons. The minimum atomic E-state index is -0.742. The SMILES string of the molecule is O=C(Oc1ccc(/C=C2\SC(=O)N(CCOc3ccc(Cl)cc3)C2=O)cc1)c1cccc([N+](=O)[O-])c1. The largest absolute Gasteiger partial charge is 0.492 e. The second kappa shape index (κ2) is 11.1. The van der Waals surface area contributed by atoms with Gasteiger partial charge >= 0.3 is 5.97 Å². The maximum Gasteiger partial charge on any atom is 0.343 e. The number of benzene rings is 3. The standard InChI is InChI=1S/C25H17ClN2O7S/c26-18-6-10-20(11-7-18)34-13-12-27-23(29)22(36-25(27)31)14-16-4-8-21(9-5-16)35-24(30)17-2-1-3-19(15-17)28(32)33/h1-11,14-15H,12-13H2/b22-14-. The van der Waals surface area contributed by atoms with Gasteiger partial charge in [-0.15, -0.1) is 0 Å². The molecule has 0 N–H and O–H groups in total. The highest BCUT2D eigenvalue weighted by Gasteiger charge is 2.34. The van der Waals surface area contributed by atoms with Crippen molar-refractivity contribution in [2.24, 2.45) is 0 Å². The maximum atomic E-state index is 12.7. The number of imide groups is 1. The van der Waals surface area contributed by atoms with Gasteiger partial charge in [0.05, 0.1) is 21.9 Å². The van der Waals surface area contributed by atoms with Gasteiger partial charge in [0, 0.05) is 17.2 Å². The molecule has 0 unspecified atom stereocenters. The van der Waals surface area contributed by atoms with Gasteiger partial charge < -0.3 is 9.47 Å². The quantitative estimate of drug-likeness (QED) is 0.123. The summed E-state index contributed by atoms with van der Waals surface area (Å²) in [6, 6.07) is 18.3. The number of halogens is 1. The highest BCUT2D eigenvalue weighted by molar-refractivity contribution is 8.18. The number of rotatable bonds is 8. The number of nitro benzene ring substituents is 1. The summed E-state index contributed by atoms with van der Waals surface area (Å²) < 4.78 is 10.8. The van der Waals surface area contributed by atoms with Gasteiger partial charge in [0.15, 0.2) is 0 Å². The van der Waals surface area contributed by atoms with E-state index in [0.717, 1.165) is 22.7 Å². The third-order valence-corrected chi connectivity index (χ3v) is 6.11. The fourth-order valence-electron chi connectivity index (χ4n) is 3.17. The lowest BCUT2D eigenvalue weighted by Crippen LogP contribution is -2.32. The lowest BCUT2D eigenvalue weighted by molar-refractivity contribution is -0.384. The summed E-state index contributed by atoms with van der Waals surface area (Å²) in [5.74, 6) is -0.372. The summed E-state index contributed by atoms with van der Waals surface area (Å²) in [4.78, 5) is 48.9. The lowest BCUT2D eigenvalue weighted by Gasteiger charge is -2.13. The maximum absolute atomic E-state index is 12.7. The first-order valence-corrected chi connectivity index (χ1v) is 11.7. The van der Waals surface area contributed by atoms with Crippen molar-refractivity contribution in [3.63, 3.8) is 0 Å². The molecule has 0 aromatic heterocycles. The van der Waals surface area contributed by atoms with E-state index in [9.17, 15) is 24.5 Å². The van der Waals surface area contributed by atoms with Crippen LogP contribution in [0.1, 0.15) is 15.9 Å². The van der Waals surface area contributed by atoms with Crippen molar-refractivity contribution in [2.45, 2.75) is 0 Å². The van der Waals surface area contributed by atoms with Crippen molar-refractivity contribution in [1.82, 2.24) is 4.90 Å². The van der Waals surface area contributed by atoms with Crippen LogP contribution in [0.15, 0.2) is 77.7 Å². The van der Waals surface area contributed by atoms with Gasteiger partial charge in [-0.25, -0.2) is 4.79 Å². The summed E-state index contributed by atoms with van der Waals surface area (Å²) in [7, 11) is 0. The number of non-ortho nitro benzene ring substituents is 1. The fourth-order valence-corrected chi connectivity index (χ4v) is 4.17. The number of hydrogen-bond donors (Lipinski definition) is 0. The van der Waals surface area contributed by atoms with Gasteiger partial charge in [-0.1, -0.05) is 29.8 Å². The molecule has 1 aliphatic heterocycles. The summed E-state index contributed by atoms with van der Waals surface area (Å²) >= 11 is 6.66. The molecule has 1 heterocycles. The topological polar surface area (TPSA) is 116 Å². The number of nitrogens with zero attached hydrogens (tertiary/aromatic N) is 2. The summed E-state index contributed by atoms with van der Waals surface area (Å²) in [6.07, 6.45) is 1.57. The molecule has 3 aromatic rings. The van der Waals surface area contributed by atoms with Gasteiger partial charge in [-0.3, -0.25) is 24.6 Å². The van der Waals surface area contributed by atoms with Crippen LogP contribution >= 0.6 is 23.4 Å². The van der Waals surface area contributed by atoms with Crippen LogP contribution in [-0.2, 0) is 4.79 Å². The number of thioether (sulfide) groups is 1. The Bertz CT molecular complexity index is 1360. The Labute approximate surface area is 214 Å². The van der Waals surface area contributed by atoms with Gasteiger partial charge in [-0.2, -0.15) is 0 Å². The average molecular weight is 525 g/mol. The number of amides is 2. The molecule has 0 aliphatic carbocycles. The Morgan fingerprint density at radius 2 is 1.72 bits per heavy atom. The zero-order chi connectivity index (χ0) is 25.7. The monoisotopic (exact) mass is 524 g/mol. The first-order valence-electron chi connectivity index (χ1n) is 10.5. The molecule has 0 saturated carbocycles. The van der Waals surface area contributed by atoms with E-state index in [2.05, 4.69) is 0 Å². The van der Waals surface area contributed by atoms with Gasteiger partial charge in [-0.05, 0) is 65.9 Å². The van der Waals surface area contributed by atoms with E-state index < -0.39 is 22.0 Å². The predicted molar refractivity (Wildman–Crippen MR) is 134 cm³/mol. The Hall–Kier alpha value is -4.15. The molecule has 36 heavy (non-hydrogen) atoms. The third-order valence-electron chi connectivity index (χ3n) is 4.95. The molecule has 182 valence electrons. The Morgan fingerprint density at radius 1 is 1.03 bits per heavy atom. The number of ether oxygens (including phenoxy) is 2. The van der Waals surface area contributed by atoms with E-state index in [-0.39, 0.29) is 35.1 Å². The van der Waals surface area contributed by atoms with Crippen LogP contribution in [0.3, 0.4) is 0 Å². The summed E-state index contributed by atoms with van der Waals surface area (Å²) in [5.41, 5.74) is 0.445. The number of nitro groups is 1. The lowest BCUT2D eigenvalue weighted by atomic mass is 10.2. The van der Waals surface area contributed by atoms with Crippen LogP contribution in [-0.4, -0.2) is 40.1 Å². The van der Waals surface area contributed by atoms with E-state index in [4.69, 9.17) is 21.1 Å². The molecule has 9 nitrogen and oxygen atoms in total. The zero-order valence-electron chi connectivity index (χ0n) is 18.5. The molecule has 0 atom stereocenters. The van der Waals surface area contributed by atoms with Crippen LogP contribution < -0.4 is 9.47 Å². The van der Waals surface area contributed by atoms with Crippen LogP contribution in [0.5, 0.6) is 11.5 Å². The molecule has 1 aliphatic rings. The number of carbonyl (C=O) groups is 3. The van der Waals surface area contributed by atoms with Crippen molar-refractivity contribution >= 4 is 52.2 Å². The number of hydrogen-bond acceptors (Lipinski definition) is 8. The van der Waals surface area contributed by atoms with E-state index >= 15 is 0 Å². The second-order valence-corrected chi connectivity index (χ2v) is 8.83. The highest BCUT2D eigenvalue weighted by Crippen LogP contribution is 2.32. The molecule has 0 spiro atoms. The Kier molecular flexibility index (Phi) is 7.67. The van der Waals surface area contributed by atoms with Gasteiger partial charge in [0.25, 0.3) is 16.8 Å². The van der Waals surface area contributed by atoms with E-state index in [1.807, 2.05) is 0 Å². The Morgan fingerprint density at radius 3 is 2.42 bits per heavy atom. The Balaban J connectivity index is 1.35. The van der Waals surface area contributed by atoms with Gasteiger partial charge in [0.2, 0.25) is 0 Å². The second-order valence-electron chi connectivity index (χ2n) is 7.40. The van der Waals surface area contributed by atoms with Crippen LogP contribution in [0, 0.1) is 10.1 Å². The smallest absolute Gasteiger partial charge is 0.343 e. The highest BCUT2D eigenvalue weighted by atomic mass is 35.5. The van der Waals surface area contributed by atoms with Crippen molar-refractivity contribution < 1.29 is 28.8 Å². The minimum absolute atomic E-state index is 0.0435. The fraction of sp³-hybridized carbons (Fsp3) is 0.0800. The van der Waals surface area contributed by atoms with Gasteiger partial charge in [0.1, 0.15) is 18.1 Å². The molecule has 11 heteroatoms. The summed E-state index contributed by atoms with van der Waals surface area (Å²) in [6.45, 7) is 0.231. The van der Waals surface area contributed by atoms with E-state index in [1.54, 1.807) is 42.5 Å². The van der Waals surface area contributed by atoms with Crippen molar-refractivity contribution in [2.75, 3.05) is 13.2 Å². The molecule has 3 aromatic carbocycles. The summed E-state index contributed by atoms with van der Waals surface area (Å²) in [5, 5.41) is 11.1. The van der Waals surface area contributed by atoms with Crippen molar-refractivity contribution in [1.29, 1.82) is 0 Å². The number of esters is 1. The molecule has 4 rings (SSSR count). The van der Waals surface area contributed by atoms with Crippen LogP contribution in [0.25, 0.3) is 6.08 Å². The normalized spacial score (nSPS) is 14.2. The molecular weight excluding hydrogens is 508 g/mol. The molecule has 2 amide bonds. The molecular formula is C25H17ClN2O7S. The molecule has 1 fully saturated rings. The zero-order valence-corrected chi connectivity index (χ0v) is 20.0. The van der Waals surface area contributed by atoms with Crippen LogP contribution in [0.2, 0.25) is 5.02 Å². The van der Waals surface area contributed by atoms with Crippen LogP contribution in [0.4, 0.5) is 10.5 Å². The third kappa shape index (κ3) is 6.09. The molecule has 0 bridgehead atoms. The average Bonchev–Trinajstić information content (AvgIpc) is 3.13. The number of carbonyl (C=O) groups excluding carboxylic acids is 3. The van der Waals surface area contributed by atoms with E-state index in [1.165, 1.54) is 30.3 Å². The van der Waals surface area contributed by atoms with E-state index in [0.29, 0.717) is 16.3 Å². The predicted octanol–water partition coefficient (Wildman–Crippen LogP) is 5.58. The van der Waals surface area contributed by atoms with Crippen molar-refractivity contribution in [3.8, 4) is 11.5 Å². The molecule has 1 saturated heterocycles. The minimum Gasteiger partial charge on any atom is -0.492 e.